The Balaban J connectivity index is 1.73. The van der Waals surface area contributed by atoms with Crippen molar-refractivity contribution in [1.82, 2.24) is 0 Å². The fourth-order valence-electron chi connectivity index (χ4n) is 3.13. The third-order valence-electron chi connectivity index (χ3n) is 4.60. The van der Waals surface area contributed by atoms with Gasteiger partial charge in [0.2, 0.25) is 0 Å². The van der Waals surface area contributed by atoms with E-state index >= 15 is 0 Å². The van der Waals surface area contributed by atoms with E-state index in [0.29, 0.717) is 13.2 Å². The molecule has 27 heavy (non-hydrogen) atoms. The van der Waals surface area contributed by atoms with Crippen molar-refractivity contribution in [3.8, 4) is 0 Å². The molecule has 146 valence electrons. The third kappa shape index (κ3) is 5.13. The zero-order valence-electron chi connectivity index (χ0n) is 15.3. The average Bonchev–Trinajstić information content (AvgIpc) is 2.73. The zero-order chi connectivity index (χ0) is 19.1. The van der Waals surface area contributed by atoms with Gasteiger partial charge in [-0.05, 0) is 11.1 Å². The molecule has 1 heterocycles. The van der Waals surface area contributed by atoms with Crippen LogP contribution in [0.4, 0.5) is 0 Å². The minimum atomic E-state index is -1.04. The van der Waals surface area contributed by atoms with Gasteiger partial charge >= 0.3 is 0 Å². The monoisotopic (exact) mass is 374 g/mol. The van der Waals surface area contributed by atoms with E-state index in [2.05, 4.69) is 0 Å². The largest absolute Gasteiger partial charge is 0.394 e. The van der Waals surface area contributed by atoms with Crippen molar-refractivity contribution >= 4 is 0 Å². The van der Waals surface area contributed by atoms with Crippen LogP contribution in [0.1, 0.15) is 11.1 Å². The molecule has 3 rings (SSSR count). The Morgan fingerprint density at radius 2 is 1.37 bits per heavy atom. The molecule has 2 aromatic carbocycles. The fourth-order valence-corrected chi connectivity index (χ4v) is 3.13. The minimum absolute atomic E-state index is 0.308. The van der Waals surface area contributed by atoms with Gasteiger partial charge in [-0.25, -0.2) is 0 Å². The molecule has 0 aliphatic carbocycles. The lowest BCUT2D eigenvalue weighted by atomic mass is 9.98. The molecule has 0 amide bonds. The van der Waals surface area contributed by atoms with Gasteiger partial charge in [-0.2, -0.15) is 0 Å². The van der Waals surface area contributed by atoms with Crippen molar-refractivity contribution in [1.29, 1.82) is 0 Å². The van der Waals surface area contributed by atoms with E-state index in [9.17, 15) is 10.2 Å². The van der Waals surface area contributed by atoms with Crippen LogP contribution in [-0.4, -0.2) is 54.6 Å². The fraction of sp³-hybridized carbons (Fsp3) is 0.429. The molecule has 0 bridgehead atoms. The number of rotatable bonds is 8. The van der Waals surface area contributed by atoms with E-state index in [0.717, 1.165) is 11.1 Å². The maximum atomic E-state index is 10.6. The Hall–Kier alpha value is -1.80. The summed E-state index contributed by atoms with van der Waals surface area (Å²) in [6.07, 6.45) is -3.94. The van der Waals surface area contributed by atoms with Crippen molar-refractivity contribution in [3.63, 3.8) is 0 Å². The predicted molar refractivity (Wildman–Crippen MR) is 98.8 cm³/mol. The van der Waals surface area contributed by atoms with Crippen molar-refractivity contribution < 1.29 is 29.2 Å². The minimum Gasteiger partial charge on any atom is -0.394 e. The first kappa shape index (κ1) is 19.9. The van der Waals surface area contributed by atoms with Crippen molar-refractivity contribution in [2.45, 2.75) is 43.9 Å². The highest BCUT2D eigenvalue weighted by Gasteiger charge is 2.46. The number of hydrogen-bond donors (Lipinski definition) is 2. The normalized spacial score (nSPS) is 28.2. The molecular formula is C21H26O6. The van der Waals surface area contributed by atoms with Gasteiger partial charge in [0.05, 0.1) is 19.8 Å². The van der Waals surface area contributed by atoms with Gasteiger partial charge in [0, 0.05) is 7.11 Å². The molecule has 6 nitrogen and oxygen atoms in total. The molecule has 1 fully saturated rings. The maximum Gasteiger partial charge on any atom is 0.186 e. The molecule has 2 aromatic rings. The zero-order valence-corrected chi connectivity index (χ0v) is 15.3. The highest BCUT2D eigenvalue weighted by atomic mass is 16.7. The van der Waals surface area contributed by atoms with Crippen LogP contribution in [0.5, 0.6) is 0 Å². The van der Waals surface area contributed by atoms with Crippen molar-refractivity contribution in [2.24, 2.45) is 0 Å². The highest BCUT2D eigenvalue weighted by molar-refractivity contribution is 5.14. The van der Waals surface area contributed by atoms with Gasteiger partial charge in [-0.15, -0.1) is 0 Å². The molecule has 1 aliphatic heterocycles. The number of aliphatic hydroxyl groups excluding tert-OH is 2. The highest BCUT2D eigenvalue weighted by Crippen LogP contribution is 2.28. The molecule has 6 heteroatoms. The summed E-state index contributed by atoms with van der Waals surface area (Å²) in [6.45, 7) is 0.302. The van der Waals surface area contributed by atoms with Crippen LogP contribution in [0.15, 0.2) is 60.7 Å². The lowest BCUT2D eigenvalue weighted by Gasteiger charge is -2.43. The Kier molecular flexibility index (Phi) is 7.34. The standard InChI is InChI=1S/C21H26O6/c1-24-21-20(26-14-16-10-6-3-7-11-16)19(18(23)17(12-22)27-21)25-13-15-8-4-2-5-9-15/h2-11,17-23H,12-14H2,1H3/t17-,18?,19?,20?,21?/m1/s1. The third-order valence-corrected chi connectivity index (χ3v) is 4.60. The summed E-state index contributed by atoms with van der Waals surface area (Å²) in [4.78, 5) is 0. The Morgan fingerprint density at radius 1 is 0.852 bits per heavy atom. The maximum absolute atomic E-state index is 10.6. The molecule has 5 atom stereocenters. The number of benzene rings is 2. The molecule has 0 radical (unpaired) electrons. The van der Waals surface area contributed by atoms with Gasteiger partial charge in [0.15, 0.2) is 6.29 Å². The van der Waals surface area contributed by atoms with E-state index in [1.54, 1.807) is 0 Å². The first-order chi connectivity index (χ1) is 13.2. The smallest absolute Gasteiger partial charge is 0.186 e. The molecular weight excluding hydrogens is 348 g/mol. The molecule has 0 spiro atoms. The van der Waals surface area contributed by atoms with Gasteiger partial charge in [0.25, 0.3) is 0 Å². The Morgan fingerprint density at radius 3 is 1.85 bits per heavy atom. The van der Waals surface area contributed by atoms with Crippen molar-refractivity contribution in [2.75, 3.05) is 13.7 Å². The van der Waals surface area contributed by atoms with Crippen LogP contribution in [0.3, 0.4) is 0 Å². The van der Waals surface area contributed by atoms with Crippen LogP contribution in [0.25, 0.3) is 0 Å². The summed E-state index contributed by atoms with van der Waals surface area (Å²) in [5, 5.41) is 20.2. The summed E-state index contributed by atoms with van der Waals surface area (Å²) in [6, 6.07) is 19.4. The molecule has 0 aromatic heterocycles. The molecule has 2 N–H and O–H groups in total. The van der Waals surface area contributed by atoms with E-state index in [1.165, 1.54) is 7.11 Å². The topological polar surface area (TPSA) is 77.4 Å². The summed E-state index contributed by atoms with van der Waals surface area (Å²) in [7, 11) is 1.50. The number of hydrogen-bond acceptors (Lipinski definition) is 6. The summed E-state index contributed by atoms with van der Waals surface area (Å²) >= 11 is 0. The van der Waals surface area contributed by atoms with Crippen LogP contribution in [0, 0.1) is 0 Å². The first-order valence-electron chi connectivity index (χ1n) is 9.01. The number of aliphatic hydroxyl groups is 2. The molecule has 1 saturated heterocycles. The van der Waals surface area contributed by atoms with Gasteiger partial charge < -0.3 is 29.2 Å². The quantitative estimate of drug-likeness (QED) is 0.735. The average molecular weight is 374 g/mol. The lowest BCUT2D eigenvalue weighted by molar-refractivity contribution is -0.314. The van der Waals surface area contributed by atoms with Gasteiger partial charge in [0.1, 0.15) is 24.4 Å². The number of ether oxygens (including phenoxy) is 4. The Labute approximate surface area is 159 Å². The second-order valence-electron chi connectivity index (χ2n) is 6.47. The summed E-state index contributed by atoms with van der Waals surface area (Å²) < 4.78 is 23.1. The molecule has 0 saturated carbocycles. The summed E-state index contributed by atoms with van der Waals surface area (Å²) in [5.74, 6) is 0. The van der Waals surface area contributed by atoms with E-state index in [-0.39, 0.29) is 6.61 Å². The first-order valence-corrected chi connectivity index (χ1v) is 9.01. The van der Waals surface area contributed by atoms with Crippen molar-refractivity contribution in [3.05, 3.63) is 71.8 Å². The van der Waals surface area contributed by atoms with Crippen LogP contribution in [-0.2, 0) is 32.2 Å². The van der Waals surface area contributed by atoms with Crippen LogP contribution < -0.4 is 0 Å². The second kappa shape index (κ2) is 9.94. The van der Waals surface area contributed by atoms with Crippen LogP contribution in [0.2, 0.25) is 0 Å². The molecule has 4 unspecified atom stereocenters. The van der Waals surface area contributed by atoms with E-state index in [4.69, 9.17) is 18.9 Å². The molecule has 1 aliphatic rings. The second-order valence-corrected chi connectivity index (χ2v) is 6.47. The lowest BCUT2D eigenvalue weighted by Crippen LogP contribution is -2.60. The summed E-state index contributed by atoms with van der Waals surface area (Å²) in [5.41, 5.74) is 1.97. The Bertz CT molecular complexity index is 665. The number of methoxy groups -OCH3 is 1. The SMILES string of the molecule is COC1O[C@H](CO)C(O)C(OCc2ccccc2)C1OCc1ccccc1. The van der Waals surface area contributed by atoms with Gasteiger partial charge in [-0.1, -0.05) is 60.7 Å². The predicted octanol–water partition coefficient (Wildman–Crippen LogP) is 1.88. The van der Waals surface area contributed by atoms with Gasteiger partial charge in [-0.3, -0.25) is 0 Å². The van der Waals surface area contributed by atoms with E-state index < -0.39 is 30.7 Å². The van der Waals surface area contributed by atoms with Crippen LogP contribution >= 0.6 is 0 Å². The van der Waals surface area contributed by atoms with E-state index in [1.807, 2.05) is 60.7 Å².